The van der Waals surface area contributed by atoms with Crippen molar-refractivity contribution in [3.05, 3.63) is 53.6 Å². The summed E-state index contributed by atoms with van der Waals surface area (Å²) in [7, 11) is 0. The Morgan fingerprint density at radius 3 is 2.67 bits per heavy atom. The molecule has 0 aliphatic heterocycles. The molecule has 18 heavy (non-hydrogen) atoms. The van der Waals surface area contributed by atoms with Crippen molar-refractivity contribution in [3.63, 3.8) is 0 Å². The summed E-state index contributed by atoms with van der Waals surface area (Å²) >= 11 is 0. The molecular formula is C14H15FN2O. The van der Waals surface area contributed by atoms with Gasteiger partial charge in [0.1, 0.15) is 11.6 Å². The highest BCUT2D eigenvalue weighted by Crippen LogP contribution is 2.24. The summed E-state index contributed by atoms with van der Waals surface area (Å²) in [4.78, 5) is 4.01. The Balaban J connectivity index is 2.13. The summed E-state index contributed by atoms with van der Waals surface area (Å²) in [6.07, 6.45) is 1.19. The average molecular weight is 246 g/mol. The number of pyridine rings is 1. The van der Waals surface area contributed by atoms with E-state index < -0.39 is 0 Å². The van der Waals surface area contributed by atoms with Crippen LogP contribution in [0, 0.1) is 12.7 Å². The zero-order valence-electron chi connectivity index (χ0n) is 10.3. The number of aromatic hydroxyl groups is 1. The average Bonchev–Trinajstić information content (AvgIpc) is 2.34. The molecule has 2 N–H and O–H groups in total. The Bertz CT molecular complexity index is 540. The monoisotopic (exact) mass is 246 g/mol. The van der Waals surface area contributed by atoms with Crippen molar-refractivity contribution in [2.45, 2.75) is 19.9 Å². The van der Waals surface area contributed by atoms with Gasteiger partial charge in [0.25, 0.3) is 0 Å². The summed E-state index contributed by atoms with van der Waals surface area (Å²) in [5.74, 6) is -0.0989. The van der Waals surface area contributed by atoms with E-state index in [4.69, 9.17) is 0 Å². The number of anilines is 1. The third kappa shape index (κ3) is 2.77. The summed E-state index contributed by atoms with van der Waals surface area (Å²) in [5, 5.41) is 12.8. The molecule has 1 aromatic heterocycles. The van der Waals surface area contributed by atoms with Crippen LogP contribution in [0.25, 0.3) is 0 Å². The normalized spacial score (nSPS) is 12.2. The van der Waals surface area contributed by atoms with Crippen molar-refractivity contribution in [2.75, 3.05) is 5.32 Å². The number of benzene rings is 1. The van der Waals surface area contributed by atoms with Gasteiger partial charge >= 0.3 is 0 Å². The highest BCUT2D eigenvalue weighted by atomic mass is 19.1. The van der Waals surface area contributed by atoms with Crippen LogP contribution >= 0.6 is 0 Å². The predicted octanol–water partition coefficient (Wildman–Crippen LogP) is 3.41. The Morgan fingerprint density at radius 2 is 2.06 bits per heavy atom. The molecular weight excluding hydrogens is 231 g/mol. The van der Waals surface area contributed by atoms with Crippen LogP contribution in [0.1, 0.15) is 24.2 Å². The molecule has 0 aliphatic carbocycles. The Hall–Kier alpha value is -2.10. The predicted molar refractivity (Wildman–Crippen MR) is 69.1 cm³/mol. The minimum atomic E-state index is -0.348. The van der Waals surface area contributed by atoms with Crippen molar-refractivity contribution < 1.29 is 9.50 Å². The van der Waals surface area contributed by atoms with Gasteiger partial charge < -0.3 is 10.4 Å². The lowest BCUT2D eigenvalue weighted by atomic mass is 10.1. The summed E-state index contributed by atoms with van der Waals surface area (Å²) in [6, 6.07) is 8.34. The second-order valence-electron chi connectivity index (χ2n) is 4.27. The van der Waals surface area contributed by atoms with Gasteiger partial charge in [0.2, 0.25) is 0 Å². The van der Waals surface area contributed by atoms with Crippen LogP contribution in [0.4, 0.5) is 10.1 Å². The van der Waals surface area contributed by atoms with E-state index >= 15 is 0 Å². The third-order valence-corrected chi connectivity index (χ3v) is 2.79. The summed E-state index contributed by atoms with van der Waals surface area (Å²) in [6.45, 7) is 3.77. The Kier molecular flexibility index (Phi) is 3.46. The summed E-state index contributed by atoms with van der Waals surface area (Å²) < 4.78 is 12.8. The van der Waals surface area contributed by atoms with E-state index in [1.165, 1.54) is 12.3 Å². The minimum absolute atomic E-state index is 0.0623. The van der Waals surface area contributed by atoms with Gasteiger partial charge in [0.15, 0.2) is 0 Å². The standard InChI is InChI=1S/C14H15FN2O/c1-9-3-5-12(7-14(9)18)17-10(2)13-6-4-11(15)8-16-13/h3-8,10,17-18H,1-2H3. The zero-order chi connectivity index (χ0) is 13.1. The number of hydrogen-bond donors (Lipinski definition) is 2. The van der Waals surface area contributed by atoms with Crippen molar-refractivity contribution in [3.8, 4) is 5.75 Å². The fourth-order valence-electron chi connectivity index (χ4n) is 1.67. The largest absolute Gasteiger partial charge is 0.508 e. The molecule has 0 fully saturated rings. The molecule has 1 heterocycles. The Labute approximate surface area is 105 Å². The molecule has 0 saturated heterocycles. The van der Waals surface area contributed by atoms with Gasteiger partial charge in [0, 0.05) is 11.8 Å². The van der Waals surface area contributed by atoms with Crippen LogP contribution < -0.4 is 5.32 Å². The molecule has 0 spiro atoms. The molecule has 4 heteroatoms. The van der Waals surface area contributed by atoms with E-state index in [0.29, 0.717) is 0 Å². The maximum Gasteiger partial charge on any atom is 0.141 e. The van der Waals surface area contributed by atoms with Gasteiger partial charge in [-0.1, -0.05) is 6.07 Å². The topological polar surface area (TPSA) is 45.2 Å². The van der Waals surface area contributed by atoms with Gasteiger partial charge in [-0.05, 0) is 37.6 Å². The van der Waals surface area contributed by atoms with Crippen LogP contribution in [0.3, 0.4) is 0 Å². The maximum absolute atomic E-state index is 12.8. The molecule has 1 unspecified atom stereocenters. The number of aromatic nitrogens is 1. The van der Waals surface area contributed by atoms with Crippen LogP contribution in [0.5, 0.6) is 5.75 Å². The van der Waals surface area contributed by atoms with Crippen molar-refractivity contribution in [2.24, 2.45) is 0 Å². The van der Waals surface area contributed by atoms with Crippen molar-refractivity contribution in [1.82, 2.24) is 4.98 Å². The molecule has 2 rings (SSSR count). The van der Waals surface area contributed by atoms with E-state index in [1.807, 2.05) is 26.0 Å². The van der Waals surface area contributed by atoms with Gasteiger partial charge in [-0.25, -0.2) is 4.39 Å². The number of nitrogens with zero attached hydrogens (tertiary/aromatic N) is 1. The Morgan fingerprint density at radius 1 is 1.28 bits per heavy atom. The number of phenols is 1. The van der Waals surface area contributed by atoms with Crippen LogP contribution in [0.2, 0.25) is 0 Å². The number of aryl methyl sites for hydroxylation is 1. The van der Waals surface area contributed by atoms with Crippen LogP contribution in [0.15, 0.2) is 36.5 Å². The van der Waals surface area contributed by atoms with Crippen molar-refractivity contribution >= 4 is 5.69 Å². The second-order valence-corrected chi connectivity index (χ2v) is 4.27. The molecule has 0 radical (unpaired) electrons. The first-order valence-corrected chi connectivity index (χ1v) is 5.74. The SMILES string of the molecule is Cc1ccc(NC(C)c2ccc(F)cn2)cc1O. The fourth-order valence-corrected chi connectivity index (χ4v) is 1.67. The quantitative estimate of drug-likeness (QED) is 0.872. The first-order chi connectivity index (χ1) is 8.56. The highest BCUT2D eigenvalue weighted by Gasteiger charge is 2.07. The zero-order valence-corrected chi connectivity index (χ0v) is 10.3. The first-order valence-electron chi connectivity index (χ1n) is 5.74. The number of hydrogen-bond acceptors (Lipinski definition) is 3. The molecule has 1 aromatic carbocycles. The molecule has 94 valence electrons. The van der Waals surface area contributed by atoms with E-state index in [1.54, 1.807) is 12.1 Å². The van der Waals surface area contributed by atoms with E-state index in [0.717, 1.165) is 16.9 Å². The van der Waals surface area contributed by atoms with E-state index in [9.17, 15) is 9.50 Å². The van der Waals surface area contributed by atoms with Gasteiger partial charge in [-0.2, -0.15) is 0 Å². The molecule has 2 aromatic rings. The number of nitrogens with one attached hydrogen (secondary N) is 1. The second kappa shape index (κ2) is 5.04. The fraction of sp³-hybridized carbons (Fsp3) is 0.214. The van der Waals surface area contributed by atoms with Gasteiger partial charge in [0.05, 0.1) is 17.9 Å². The molecule has 1 atom stereocenters. The highest BCUT2D eigenvalue weighted by molar-refractivity contribution is 5.51. The smallest absolute Gasteiger partial charge is 0.141 e. The number of halogens is 1. The maximum atomic E-state index is 12.8. The third-order valence-electron chi connectivity index (χ3n) is 2.79. The lowest BCUT2D eigenvalue weighted by Gasteiger charge is -2.15. The van der Waals surface area contributed by atoms with E-state index in [2.05, 4.69) is 10.3 Å². The van der Waals surface area contributed by atoms with Gasteiger partial charge in [-0.3, -0.25) is 4.98 Å². The molecule has 0 amide bonds. The molecule has 0 aliphatic rings. The van der Waals surface area contributed by atoms with Crippen LogP contribution in [-0.2, 0) is 0 Å². The molecule has 0 saturated carbocycles. The van der Waals surface area contributed by atoms with Crippen molar-refractivity contribution in [1.29, 1.82) is 0 Å². The van der Waals surface area contributed by atoms with E-state index in [-0.39, 0.29) is 17.6 Å². The summed E-state index contributed by atoms with van der Waals surface area (Å²) in [5.41, 5.74) is 2.38. The number of phenolic OH excluding ortho intramolecular Hbond substituents is 1. The lowest BCUT2D eigenvalue weighted by molar-refractivity contribution is 0.471. The van der Waals surface area contributed by atoms with Crippen LogP contribution in [-0.4, -0.2) is 10.1 Å². The van der Waals surface area contributed by atoms with Gasteiger partial charge in [-0.15, -0.1) is 0 Å². The number of rotatable bonds is 3. The molecule has 0 bridgehead atoms. The molecule has 3 nitrogen and oxygen atoms in total. The lowest BCUT2D eigenvalue weighted by Crippen LogP contribution is -2.08. The minimum Gasteiger partial charge on any atom is -0.508 e. The first kappa shape index (κ1) is 12.4.